The minimum absolute atomic E-state index is 0.653. The van der Waals surface area contributed by atoms with Crippen LogP contribution >= 0.6 is 0 Å². The number of aliphatic imine (C=N–C) groups is 1. The van der Waals surface area contributed by atoms with Crippen molar-refractivity contribution in [2.75, 3.05) is 0 Å². The molecule has 0 unspecified atom stereocenters. The van der Waals surface area contributed by atoms with Gasteiger partial charge in [-0.05, 0) is 17.7 Å². The Kier molecular flexibility index (Phi) is 2.98. The molecule has 0 atom stereocenters. The lowest BCUT2D eigenvalue weighted by Gasteiger charge is -1.99. The maximum Gasteiger partial charge on any atom is 0.228 e. The normalized spacial score (nSPS) is 16.5. The molecular formula is C15H13N3O. The molecule has 0 saturated heterocycles. The van der Waals surface area contributed by atoms with E-state index in [1.165, 1.54) is 0 Å². The summed E-state index contributed by atoms with van der Waals surface area (Å²) >= 11 is 0. The lowest BCUT2D eigenvalue weighted by Crippen LogP contribution is -2.18. The fourth-order valence-electron chi connectivity index (χ4n) is 1.81. The molecule has 0 amide bonds. The van der Waals surface area contributed by atoms with Gasteiger partial charge in [0, 0.05) is 11.4 Å². The van der Waals surface area contributed by atoms with Crippen LogP contribution in [0.3, 0.4) is 0 Å². The van der Waals surface area contributed by atoms with Gasteiger partial charge in [0.1, 0.15) is 0 Å². The highest BCUT2D eigenvalue weighted by molar-refractivity contribution is 5.84. The zero-order valence-corrected chi connectivity index (χ0v) is 10.3. The molecule has 94 valence electrons. The van der Waals surface area contributed by atoms with Crippen LogP contribution in [-0.2, 0) is 11.3 Å². The SMILES string of the molecule is C=c1ccc(=C2N=C(Cc3ccccc3)ON2)cn1. The quantitative estimate of drug-likeness (QED) is 0.856. The van der Waals surface area contributed by atoms with Gasteiger partial charge in [-0.2, -0.15) is 4.99 Å². The summed E-state index contributed by atoms with van der Waals surface area (Å²) in [4.78, 5) is 13.9. The number of hydrogen-bond acceptors (Lipinski definition) is 4. The van der Waals surface area contributed by atoms with Crippen LogP contribution in [0, 0.1) is 0 Å². The maximum atomic E-state index is 5.37. The molecule has 4 heteroatoms. The number of nitrogens with one attached hydrogen (secondary N) is 1. The Labute approximate surface area is 110 Å². The highest BCUT2D eigenvalue weighted by atomic mass is 16.7. The third-order valence-electron chi connectivity index (χ3n) is 2.80. The summed E-state index contributed by atoms with van der Waals surface area (Å²) in [5.74, 6) is 1.33. The number of hydroxylamine groups is 1. The Morgan fingerprint density at radius 1 is 1.11 bits per heavy atom. The molecule has 4 nitrogen and oxygen atoms in total. The van der Waals surface area contributed by atoms with Crippen LogP contribution in [0.25, 0.3) is 12.4 Å². The fraction of sp³-hybridized carbons (Fsp3) is 0.0667. The summed E-state index contributed by atoms with van der Waals surface area (Å²) in [6, 6.07) is 13.8. The van der Waals surface area contributed by atoms with Crippen molar-refractivity contribution < 1.29 is 4.84 Å². The second kappa shape index (κ2) is 4.94. The predicted octanol–water partition coefficient (Wildman–Crippen LogP) is 0.734. The van der Waals surface area contributed by atoms with E-state index in [0.29, 0.717) is 18.1 Å². The molecule has 3 rings (SSSR count). The lowest BCUT2D eigenvalue weighted by molar-refractivity contribution is 0.248. The fourth-order valence-corrected chi connectivity index (χ4v) is 1.81. The Morgan fingerprint density at radius 2 is 1.95 bits per heavy atom. The van der Waals surface area contributed by atoms with Gasteiger partial charge in [0.15, 0.2) is 5.82 Å². The van der Waals surface area contributed by atoms with Crippen LogP contribution in [0.15, 0.2) is 53.7 Å². The summed E-state index contributed by atoms with van der Waals surface area (Å²) in [5, 5.41) is 1.62. The predicted molar refractivity (Wildman–Crippen MR) is 74.2 cm³/mol. The monoisotopic (exact) mass is 251 g/mol. The maximum absolute atomic E-state index is 5.37. The zero-order valence-electron chi connectivity index (χ0n) is 10.3. The number of nitrogens with zero attached hydrogens (tertiary/aromatic N) is 2. The number of aromatic nitrogens is 1. The number of benzene rings is 1. The van der Waals surface area contributed by atoms with Gasteiger partial charge in [-0.15, -0.1) is 0 Å². The third-order valence-corrected chi connectivity index (χ3v) is 2.80. The first kappa shape index (κ1) is 11.5. The van der Waals surface area contributed by atoms with E-state index >= 15 is 0 Å². The van der Waals surface area contributed by atoms with E-state index in [1.807, 2.05) is 42.5 Å². The molecule has 1 N–H and O–H groups in total. The summed E-state index contributed by atoms with van der Waals surface area (Å²) < 4.78 is 0. The minimum atomic E-state index is 0.653. The van der Waals surface area contributed by atoms with Gasteiger partial charge in [0.25, 0.3) is 0 Å². The highest BCUT2D eigenvalue weighted by Gasteiger charge is 2.13. The summed E-state index contributed by atoms with van der Waals surface area (Å²) in [5.41, 5.74) is 3.98. The van der Waals surface area contributed by atoms with E-state index in [-0.39, 0.29) is 0 Å². The van der Waals surface area contributed by atoms with E-state index in [2.05, 4.69) is 22.0 Å². The molecule has 0 radical (unpaired) electrons. The first-order chi connectivity index (χ1) is 9.31. The van der Waals surface area contributed by atoms with Gasteiger partial charge in [0.05, 0.1) is 11.8 Å². The van der Waals surface area contributed by atoms with Crippen LogP contribution in [-0.4, -0.2) is 10.9 Å². The molecule has 1 aromatic heterocycles. The number of rotatable bonds is 2. The van der Waals surface area contributed by atoms with Crippen molar-refractivity contribution in [2.45, 2.75) is 6.42 Å². The van der Waals surface area contributed by atoms with Gasteiger partial charge in [-0.1, -0.05) is 36.9 Å². The van der Waals surface area contributed by atoms with Gasteiger partial charge in [-0.3, -0.25) is 4.98 Å². The van der Waals surface area contributed by atoms with Crippen LogP contribution < -0.4 is 16.0 Å². The second-order valence-corrected chi connectivity index (χ2v) is 4.26. The Morgan fingerprint density at radius 3 is 2.68 bits per heavy atom. The first-order valence-corrected chi connectivity index (χ1v) is 6.01. The van der Waals surface area contributed by atoms with Gasteiger partial charge in [-0.25, -0.2) is 5.48 Å². The number of hydrogen-bond donors (Lipinski definition) is 1. The van der Waals surface area contributed by atoms with E-state index in [0.717, 1.165) is 16.1 Å². The van der Waals surface area contributed by atoms with E-state index in [9.17, 15) is 0 Å². The van der Waals surface area contributed by atoms with Crippen molar-refractivity contribution in [1.82, 2.24) is 10.5 Å². The van der Waals surface area contributed by atoms with Crippen LogP contribution in [0.2, 0.25) is 0 Å². The standard InChI is InChI=1S/C15H13N3O/c1-11-7-8-13(10-16-11)15-17-14(19-18-15)9-12-5-3-2-4-6-12/h2-8,10,18H,1,9H2. The molecular weight excluding hydrogens is 238 g/mol. The summed E-state index contributed by atoms with van der Waals surface area (Å²) in [7, 11) is 0. The Bertz CT molecular complexity index is 699. The molecule has 0 spiro atoms. The molecule has 1 aliphatic heterocycles. The molecule has 0 saturated carbocycles. The van der Waals surface area contributed by atoms with Crippen molar-refractivity contribution in [3.8, 4) is 0 Å². The summed E-state index contributed by atoms with van der Waals surface area (Å²) in [6.45, 7) is 3.75. The molecule has 19 heavy (non-hydrogen) atoms. The molecule has 0 fully saturated rings. The molecule has 1 aromatic carbocycles. The van der Waals surface area contributed by atoms with Gasteiger partial charge in [0.2, 0.25) is 5.90 Å². The molecule has 2 heterocycles. The van der Waals surface area contributed by atoms with Crippen molar-refractivity contribution in [3.05, 3.63) is 64.8 Å². The third kappa shape index (κ3) is 2.63. The molecule has 2 aromatic rings. The first-order valence-electron chi connectivity index (χ1n) is 6.01. The smallest absolute Gasteiger partial charge is 0.228 e. The highest BCUT2D eigenvalue weighted by Crippen LogP contribution is 2.08. The topological polar surface area (TPSA) is 46.5 Å². The van der Waals surface area contributed by atoms with Crippen LogP contribution in [0.1, 0.15) is 5.56 Å². The average molecular weight is 251 g/mol. The molecule has 1 aliphatic rings. The zero-order chi connectivity index (χ0) is 13.1. The minimum Gasteiger partial charge on any atom is -0.364 e. The van der Waals surface area contributed by atoms with E-state index in [1.54, 1.807) is 6.20 Å². The summed E-state index contributed by atoms with van der Waals surface area (Å²) in [6.07, 6.45) is 2.39. The van der Waals surface area contributed by atoms with Crippen molar-refractivity contribution >= 4 is 18.3 Å². The Balaban J connectivity index is 1.87. The van der Waals surface area contributed by atoms with E-state index < -0.39 is 0 Å². The largest absolute Gasteiger partial charge is 0.364 e. The van der Waals surface area contributed by atoms with Crippen LogP contribution in [0.4, 0.5) is 0 Å². The average Bonchev–Trinajstić information content (AvgIpc) is 2.89. The second-order valence-electron chi connectivity index (χ2n) is 4.26. The van der Waals surface area contributed by atoms with Crippen molar-refractivity contribution in [1.29, 1.82) is 0 Å². The number of pyridine rings is 1. The van der Waals surface area contributed by atoms with Crippen LogP contribution in [0.5, 0.6) is 0 Å². The van der Waals surface area contributed by atoms with Gasteiger partial charge < -0.3 is 4.84 Å². The molecule has 0 aliphatic carbocycles. The molecule has 0 bridgehead atoms. The lowest BCUT2D eigenvalue weighted by atomic mass is 10.1. The van der Waals surface area contributed by atoms with Crippen molar-refractivity contribution in [3.63, 3.8) is 0 Å². The van der Waals surface area contributed by atoms with Crippen molar-refractivity contribution in [2.24, 2.45) is 4.99 Å². The van der Waals surface area contributed by atoms with Gasteiger partial charge >= 0.3 is 0 Å². The Hall–Kier alpha value is -2.62. The van der Waals surface area contributed by atoms with E-state index in [4.69, 9.17) is 4.84 Å².